The van der Waals surface area contributed by atoms with Crippen molar-refractivity contribution in [2.75, 3.05) is 23.9 Å². The zero-order chi connectivity index (χ0) is 22.2. The predicted octanol–water partition coefficient (Wildman–Crippen LogP) is 4.13. The number of rotatable bonds is 5. The van der Waals surface area contributed by atoms with E-state index in [-0.39, 0.29) is 29.1 Å². The van der Waals surface area contributed by atoms with Crippen LogP contribution in [0.25, 0.3) is 11.3 Å². The Morgan fingerprint density at radius 2 is 1.94 bits per heavy atom. The topological polar surface area (TPSA) is 90.3 Å². The molecule has 2 heterocycles. The van der Waals surface area contributed by atoms with E-state index in [9.17, 15) is 13.2 Å². The minimum Gasteiger partial charge on any atom is -0.497 e. The summed E-state index contributed by atoms with van der Waals surface area (Å²) in [5.41, 5.74) is 3.18. The molecule has 1 aliphatic heterocycles. The zero-order valence-electron chi connectivity index (χ0n) is 17.1. The summed E-state index contributed by atoms with van der Waals surface area (Å²) in [4.78, 5) is 12.9. The van der Waals surface area contributed by atoms with Crippen molar-refractivity contribution in [3.8, 4) is 17.0 Å². The first-order chi connectivity index (χ1) is 14.8. The maximum absolute atomic E-state index is 12.9. The summed E-state index contributed by atoms with van der Waals surface area (Å²) < 4.78 is 31.0. The van der Waals surface area contributed by atoms with Crippen LogP contribution in [0.3, 0.4) is 0 Å². The number of hydrogen-bond donors (Lipinski definition) is 1. The summed E-state index contributed by atoms with van der Waals surface area (Å²) in [6, 6.07) is 13.9. The molecule has 1 fully saturated rings. The normalized spacial score (nSPS) is 17.5. The number of halogens is 1. The van der Waals surface area contributed by atoms with Crippen LogP contribution in [-0.4, -0.2) is 42.7 Å². The van der Waals surface area contributed by atoms with Gasteiger partial charge >= 0.3 is 0 Å². The van der Waals surface area contributed by atoms with Crippen LogP contribution >= 0.6 is 11.6 Å². The lowest BCUT2D eigenvalue weighted by Gasteiger charge is -2.13. The molecule has 2 aromatic carbocycles. The van der Waals surface area contributed by atoms with Gasteiger partial charge in [-0.2, -0.15) is 5.10 Å². The molecule has 7 nitrogen and oxygen atoms in total. The molecule has 0 radical (unpaired) electrons. The highest BCUT2D eigenvalue weighted by atomic mass is 35.5. The molecular weight excluding hydrogens is 438 g/mol. The Morgan fingerprint density at radius 3 is 2.55 bits per heavy atom. The van der Waals surface area contributed by atoms with E-state index >= 15 is 0 Å². The van der Waals surface area contributed by atoms with Crippen molar-refractivity contribution in [3.63, 3.8) is 0 Å². The van der Waals surface area contributed by atoms with E-state index < -0.39 is 9.84 Å². The van der Waals surface area contributed by atoms with Gasteiger partial charge in [0.25, 0.3) is 5.91 Å². The van der Waals surface area contributed by atoms with Crippen molar-refractivity contribution in [1.29, 1.82) is 0 Å². The Hall–Kier alpha value is -2.84. The van der Waals surface area contributed by atoms with Crippen LogP contribution < -0.4 is 10.1 Å². The Labute approximate surface area is 185 Å². The van der Waals surface area contributed by atoms with Gasteiger partial charge in [-0.1, -0.05) is 11.6 Å². The number of nitrogens with zero attached hydrogens (tertiary/aromatic N) is 2. The lowest BCUT2D eigenvalue weighted by atomic mass is 10.1. The third-order valence-corrected chi connectivity index (χ3v) is 7.33. The summed E-state index contributed by atoms with van der Waals surface area (Å²) in [7, 11) is -1.53. The predicted molar refractivity (Wildman–Crippen MR) is 121 cm³/mol. The highest BCUT2D eigenvalue weighted by Crippen LogP contribution is 2.31. The van der Waals surface area contributed by atoms with E-state index in [0.29, 0.717) is 28.6 Å². The number of benzene rings is 2. The second kappa shape index (κ2) is 8.36. The molecule has 0 spiro atoms. The van der Waals surface area contributed by atoms with Gasteiger partial charge in [0.05, 0.1) is 30.4 Å². The number of aryl methyl sites for hydroxylation is 1. The third kappa shape index (κ3) is 4.60. The summed E-state index contributed by atoms with van der Waals surface area (Å²) >= 11 is 5.99. The number of amides is 1. The van der Waals surface area contributed by atoms with Crippen molar-refractivity contribution < 1.29 is 17.9 Å². The molecule has 1 aromatic heterocycles. The smallest absolute Gasteiger partial charge is 0.276 e. The molecule has 1 amide bonds. The molecule has 1 aliphatic rings. The molecule has 162 valence electrons. The molecule has 4 rings (SSSR count). The van der Waals surface area contributed by atoms with Gasteiger partial charge in [-0.05, 0) is 67.4 Å². The highest BCUT2D eigenvalue weighted by Gasteiger charge is 2.32. The molecule has 9 heteroatoms. The summed E-state index contributed by atoms with van der Waals surface area (Å²) in [5.74, 6) is 0.453. The average molecular weight is 460 g/mol. The number of carbonyl (C=O) groups is 1. The summed E-state index contributed by atoms with van der Waals surface area (Å²) in [6.07, 6.45) is 0.463. The fourth-order valence-electron chi connectivity index (χ4n) is 3.68. The number of methoxy groups -OCH3 is 1. The van der Waals surface area contributed by atoms with Crippen molar-refractivity contribution in [3.05, 3.63) is 64.8 Å². The Kier molecular flexibility index (Phi) is 5.77. The number of ether oxygens (including phenoxy) is 1. The quantitative estimate of drug-likeness (QED) is 0.619. The minimum atomic E-state index is -3.12. The Morgan fingerprint density at radius 1 is 1.19 bits per heavy atom. The van der Waals surface area contributed by atoms with E-state index in [4.69, 9.17) is 16.3 Å². The summed E-state index contributed by atoms with van der Waals surface area (Å²) in [5, 5.41) is 7.95. The van der Waals surface area contributed by atoms with Crippen LogP contribution in [-0.2, 0) is 9.84 Å². The van der Waals surface area contributed by atoms with E-state index in [2.05, 4.69) is 10.4 Å². The molecule has 1 atom stereocenters. The maximum Gasteiger partial charge on any atom is 0.276 e. The largest absolute Gasteiger partial charge is 0.497 e. The van der Waals surface area contributed by atoms with Gasteiger partial charge in [-0.25, -0.2) is 8.42 Å². The Balaban J connectivity index is 1.70. The van der Waals surface area contributed by atoms with Gasteiger partial charge in [0.15, 0.2) is 15.5 Å². The monoisotopic (exact) mass is 459 g/mol. The molecule has 0 saturated carbocycles. The number of anilines is 1. The van der Waals surface area contributed by atoms with E-state index in [0.717, 1.165) is 11.1 Å². The fourth-order valence-corrected chi connectivity index (χ4v) is 5.60. The van der Waals surface area contributed by atoms with Crippen molar-refractivity contribution in [2.45, 2.75) is 19.4 Å². The summed E-state index contributed by atoms with van der Waals surface area (Å²) in [6.45, 7) is 1.85. The average Bonchev–Trinajstić information content (AvgIpc) is 3.33. The van der Waals surface area contributed by atoms with Crippen molar-refractivity contribution >= 4 is 33.0 Å². The number of aromatic nitrogens is 2. The van der Waals surface area contributed by atoms with Gasteiger partial charge in [-0.15, -0.1) is 0 Å². The maximum atomic E-state index is 12.9. The molecular formula is C22H22ClN3O4S. The number of carbonyl (C=O) groups excluding carboxylic acids is 1. The number of hydrogen-bond acceptors (Lipinski definition) is 5. The molecule has 31 heavy (non-hydrogen) atoms. The Bertz CT molecular complexity index is 1240. The SMILES string of the molecule is COc1ccc(-c2cc(C(=O)Nc3ccc(Cl)cc3C)nn2[C@@H]2CCS(=O)(=O)C2)cc1. The number of sulfone groups is 1. The second-order valence-electron chi connectivity index (χ2n) is 7.56. The van der Waals surface area contributed by atoms with Gasteiger partial charge in [-0.3, -0.25) is 9.48 Å². The van der Waals surface area contributed by atoms with Crippen LogP contribution in [0.5, 0.6) is 5.75 Å². The van der Waals surface area contributed by atoms with E-state index in [1.54, 1.807) is 36.1 Å². The molecule has 3 aromatic rings. The minimum absolute atomic E-state index is 0.00911. The second-order valence-corrected chi connectivity index (χ2v) is 10.2. The van der Waals surface area contributed by atoms with Crippen LogP contribution in [0.2, 0.25) is 5.02 Å². The van der Waals surface area contributed by atoms with Crippen molar-refractivity contribution in [1.82, 2.24) is 9.78 Å². The van der Waals surface area contributed by atoms with Crippen LogP contribution in [0.15, 0.2) is 48.5 Å². The van der Waals surface area contributed by atoms with Gasteiger partial charge in [0.2, 0.25) is 0 Å². The lowest BCUT2D eigenvalue weighted by Crippen LogP contribution is -2.17. The van der Waals surface area contributed by atoms with Gasteiger partial charge in [0.1, 0.15) is 5.75 Å². The number of nitrogens with one attached hydrogen (secondary N) is 1. The van der Waals surface area contributed by atoms with Crippen molar-refractivity contribution in [2.24, 2.45) is 0 Å². The molecule has 0 bridgehead atoms. The van der Waals surface area contributed by atoms with Gasteiger partial charge in [0, 0.05) is 16.3 Å². The van der Waals surface area contributed by atoms with Gasteiger partial charge < -0.3 is 10.1 Å². The highest BCUT2D eigenvalue weighted by molar-refractivity contribution is 7.91. The first-order valence-electron chi connectivity index (χ1n) is 9.77. The fraction of sp³-hybridized carbons (Fsp3) is 0.273. The molecule has 0 aliphatic carbocycles. The molecule has 1 N–H and O–H groups in total. The lowest BCUT2D eigenvalue weighted by molar-refractivity contribution is 0.102. The molecule has 0 unspecified atom stereocenters. The van der Waals surface area contributed by atoms with Crippen LogP contribution in [0, 0.1) is 6.92 Å². The third-order valence-electron chi connectivity index (χ3n) is 5.35. The van der Waals surface area contributed by atoms with Crippen LogP contribution in [0.4, 0.5) is 5.69 Å². The van der Waals surface area contributed by atoms with E-state index in [1.165, 1.54) is 0 Å². The molecule has 1 saturated heterocycles. The first-order valence-corrected chi connectivity index (χ1v) is 12.0. The standard InChI is InChI=1S/C22H22ClN3O4S/c1-14-11-16(23)5-8-19(14)24-22(27)20-12-21(15-3-6-18(30-2)7-4-15)26(25-20)17-9-10-31(28,29)13-17/h3-8,11-12,17H,9-10,13H2,1-2H3,(H,24,27)/t17-/m1/s1. The van der Waals surface area contributed by atoms with Crippen LogP contribution in [0.1, 0.15) is 28.5 Å². The van der Waals surface area contributed by atoms with E-state index in [1.807, 2.05) is 31.2 Å². The zero-order valence-corrected chi connectivity index (χ0v) is 18.7. The first kappa shape index (κ1) is 21.4.